The number of nitriles is 1. The predicted octanol–water partition coefficient (Wildman–Crippen LogP) is 0.915. The predicted molar refractivity (Wildman–Crippen MR) is 86.5 cm³/mol. The summed E-state index contributed by atoms with van der Waals surface area (Å²) in [5.41, 5.74) is 3.06. The number of nitrogens with zero attached hydrogens (tertiary/aromatic N) is 8. The molecule has 1 aromatic carbocycles. The molecule has 3 aromatic rings. The van der Waals surface area contributed by atoms with Crippen LogP contribution in [0.25, 0.3) is 48.1 Å². The molecule has 0 unspecified atom stereocenters. The van der Waals surface area contributed by atoms with Gasteiger partial charge in [0.25, 0.3) is 0 Å². The lowest BCUT2D eigenvalue weighted by molar-refractivity contribution is 0.875. The molecule has 0 saturated carbocycles. The van der Waals surface area contributed by atoms with Crippen LogP contribution in [0.15, 0.2) is 12.1 Å². The van der Waals surface area contributed by atoms with Crippen molar-refractivity contribution >= 4 is 33.6 Å². The summed E-state index contributed by atoms with van der Waals surface area (Å²) >= 11 is 0. The summed E-state index contributed by atoms with van der Waals surface area (Å²) < 4.78 is 3.33. The second-order valence-corrected chi connectivity index (χ2v) is 4.91. The van der Waals surface area contributed by atoms with Crippen molar-refractivity contribution < 1.29 is 0 Å². The van der Waals surface area contributed by atoms with Crippen molar-refractivity contribution in [2.75, 3.05) is 0 Å². The minimum absolute atomic E-state index is 0.0983. The number of aryl methyl sites for hydroxylation is 2. The molecule has 0 bridgehead atoms. The monoisotopic (exact) mass is 312 g/mol. The van der Waals surface area contributed by atoms with Crippen LogP contribution in [-0.2, 0) is 14.1 Å². The summed E-state index contributed by atoms with van der Waals surface area (Å²) in [7, 11) is 3.44. The maximum Gasteiger partial charge on any atom is 0.562 e. The van der Waals surface area contributed by atoms with E-state index in [9.17, 15) is 0 Å². The first-order chi connectivity index (χ1) is 11.6. The van der Waals surface area contributed by atoms with Gasteiger partial charge in [0.2, 0.25) is 5.48 Å². The molecule has 8 heteroatoms. The largest absolute Gasteiger partial charge is 0.562 e. The van der Waals surface area contributed by atoms with Crippen LogP contribution in [0.1, 0.15) is 0 Å². The van der Waals surface area contributed by atoms with E-state index in [0.717, 1.165) is 0 Å². The van der Waals surface area contributed by atoms with Gasteiger partial charge in [0.1, 0.15) is 18.6 Å². The fourth-order valence-electron chi connectivity index (χ4n) is 2.65. The summed E-state index contributed by atoms with van der Waals surface area (Å²) in [6.45, 7) is 21.3. The SMILES string of the molecule is [C-]#[N+]C([N+]#[C-])=c1nc2ccc3n/c(=C(\C#N)[N+]#[C-])n(C)c3c2n1C. The summed E-state index contributed by atoms with van der Waals surface area (Å²) in [6.07, 6.45) is 0. The van der Waals surface area contributed by atoms with Gasteiger partial charge in [0, 0.05) is 14.1 Å². The quantitative estimate of drug-likeness (QED) is 0.579. The zero-order valence-electron chi connectivity index (χ0n) is 12.7. The van der Waals surface area contributed by atoms with Gasteiger partial charge in [-0.1, -0.05) is 0 Å². The Bertz CT molecular complexity index is 1170. The van der Waals surface area contributed by atoms with Crippen molar-refractivity contribution in [3.05, 3.63) is 57.3 Å². The van der Waals surface area contributed by atoms with Gasteiger partial charge >= 0.3 is 11.5 Å². The molecule has 2 aromatic heterocycles. The van der Waals surface area contributed by atoms with E-state index < -0.39 is 0 Å². The minimum Gasteiger partial charge on any atom is -0.334 e. The molecule has 0 aliphatic rings. The van der Waals surface area contributed by atoms with Gasteiger partial charge in [0.05, 0.1) is 34.7 Å². The molecule has 24 heavy (non-hydrogen) atoms. The van der Waals surface area contributed by atoms with Crippen molar-refractivity contribution in [3.63, 3.8) is 0 Å². The number of hydrogen-bond donors (Lipinski definition) is 0. The summed E-state index contributed by atoms with van der Waals surface area (Å²) in [5, 5.41) is 9.10. The first kappa shape index (κ1) is 14.8. The lowest BCUT2D eigenvalue weighted by Gasteiger charge is -2.00. The molecule has 3 rings (SSSR count). The fraction of sp³-hybridized carbons (Fsp3) is 0.125. The van der Waals surface area contributed by atoms with Crippen LogP contribution in [0.3, 0.4) is 0 Å². The Labute approximate surface area is 136 Å². The van der Waals surface area contributed by atoms with Crippen LogP contribution in [0, 0.1) is 31.0 Å². The maximum absolute atomic E-state index is 9.10. The maximum atomic E-state index is 9.10. The van der Waals surface area contributed by atoms with Gasteiger partial charge in [0.15, 0.2) is 0 Å². The average molecular weight is 312 g/mol. The summed E-state index contributed by atoms with van der Waals surface area (Å²) in [4.78, 5) is 18.4. The molecule has 0 saturated heterocycles. The highest BCUT2D eigenvalue weighted by Gasteiger charge is 2.17. The van der Waals surface area contributed by atoms with Crippen LogP contribution in [0.5, 0.6) is 0 Å². The van der Waals surface area contributed by atoms with Gasteiger partial charge < -0.3 is 9.13 Å². The van der Waals surface area contributed by atoms with Crippen molar-refractivity contribution in [2.24, 2.45) is 14.1 Å². The molecule has 0 N–H and O–H groups in total. The topological polar surface area (TPSA) is 72.5 Å². The molecule has 0 aliphatic carbocycles. The Morgan fingerprint density at radius 2 is 1.46 bits per heavy atom. The number of rotatable bonds is 0. The van der Waals surface area contributed by atoms with Crippen LogP contribution >= 0.6 is 0 Å². The number of aromatic nitrogens is 4. The molecular formula is C16H8N8. The second-order valence-electron chi connectivity index (χ2n) is 4.91. The van der Waals surface area contributed by atoms with Crippen LogP contribution < -0.4 is 11.0 Å². The Balaban J connectivity index is 2.66. The first-order valence-corrected chi connectivity index (χ1v) is 6.66. The lowest BCUT2D eigenvalue weighted by Crippen LogP contribution is -2.18. The van der Waals surface area contributed by atoms with E-state index in [1.54, 1.807) is 35.4 Å². The molecule has 0 amide bonds. The number of hydrogen-bond acceptors (Lipinski definition) is 3. The van der Waals surface area contributed by atoms with Gasteiger partial charge in [-0.2, -0.15) is 9.69 Å². The first-order valence-electron chi connectivity index (χ1n) is 6.66. The molecule has 0 aliphatic heterocycles. The van der Waals surface area contributed by atoms with E-state index in [4.69, 9.17) is 25.0 Å². The Kier molecular flexibility index (Phi) is 3.23. The highest BCUT2D eigenvalue weighted by molar-refractivity contribution is 6.01. The highest BCUT2D eigenvalue weighted by Crippen LogP contribution is 2.21. The molecule has 0 atom stereocenters. The Morgan fingerprint density at radius 1 is 0.958 bits per heavy atom. The normalized spacial score (nSPS) is 11.4. The zero-order chi connectivity index (χ0) is 17.4. The van der Waals surface area contributed by atoms with Crippen molar-refractivity contribution in [2.45, 2.75) is 0 Å². The van der Waals surface area contributed by atoms with Crippen LogP contribution in [0.2, 0.25) is 0 Å². The van der Waals surface area contributed by atoms with Gasteiger partial charge in [-0.15, -0.1) is 0 Å². The molecule has 2 heterocycles. The standard InChI is InChI=1S/C16H8N8/c1-18-11(8-17)15-21-9-6-7-10-13(12(9)23(15)4)24(5)16(22-10)14(19-2)20-3/h6-7H,4-5H3/b15-11-. The van der Waals surface area contributed by atoms with E-state index >= 15 is 0 Å². The molecule has 0 radical (unpaired) electrons. The molecule has 0 fully saturated rings. The molecule has 0 spiro atoms. The number of benzene rings is 1. The Morgan fingerprint density at radius 3 is 1.92 bits per heavy atom. The van der Waals surface area contributed by atoms with E-state index in [2.05, 4.69) is 24.5 Å². The Hall–Kier alpha value is -4.14. The lowest BCUT2D eigenvalue weighted by atomic mass is 10.2. The molecule has 112 valence electrons. The average Bonchev–Trinajstić information content (AvgIpc) is 3.09. The van der Waals surface area contributed by atoms with Crippen LogP contribution in [0.4, 0.5) is 0 Å². The number of imidazole rings is 2. The van der Waals surface area contributed by atoms with Gasteiger partial charge in [-0.25, -0.2) is 20.1 Å². The van der Waals surface area contributed by atoms with Crippen molar-refractivity contribution in [1.82, 2.24) is 19.1 Å². The highest BCUT2D eigenvalue weighted by atomic mass is 15.1. The zero-order valence-corrected chi connectivity index (χ0v) is 12.7. The summed E-state index contributed by atoms with van der Waals surface area (Å²) in [6, 6.07) is 5.33. The summed E-state index contributed by atoms with van der Waals surface area (Å²) in [5.74, 6) is -0.116. The van der Waals surface area contributed by atoms with Crippen molar-refractivity contribution in [1.29, 1.82) is 5.26 Å². The molecular weight excluding hydrogens is 304 g/mol. The minimum atomic E-state index is -0.116. The smallest absolute Gasteiger partial charge is 0.334 e. The third-order valence-electron chi connectivity index (χ3n) is 3.71. The van der Waals surface area contributed by atoms with Crippen molar-refractivity contribution in [3.8, 4) is 6.07 Å². The van der Waals surface area contributed by atoms with E-state index in [0.29, 0.717) is 22.1 Å². The van der Waals surface area contributed by atoms with E-state index in [1.807, 2.05) is 6.07 Å². The third-order valence-corrected chi connectivity index (χ3v) is 3.71. The van der Waals surface area contributed by atoms with E-state index in [-0.39, 0.29) is 22.5 Å². The third kappa shape index (κ3) is 1.82. The molecule has 8 nitrogen and oxygen atoms in total. The fourth-order valence-corrected chi connectivity index (χ4v) is 2.65. The van der Waals surface area contributed by atoms with Crippen LogP contribution in [-0.4, -0.2) is 19.1 Å². The second kappa shape index (κ2) is 5.25. The van der Waals surface area contributed by atoms with Gasteiger partial charge in [-0.3, -0.25) is 0 Å². The van der Waals surface area contributed by atoms with E-state index in [1.165, 1.54) is 0 Å². The number of fused-ring (bicyclic) bond motifs is 3. The van der Waals surface area contributed by atoms with Gasteiger partial charge in [-0.05, 0) is 12.1 Å².